The molecule has 1 aromatic carbocycles. The zero-order valence-electron chi connectivity index (χ0n) is 19.6. The number of nitrogens with one attached hydrogen (secondary N) is 1. The summed E-state index contributed by atoms with van der Waals surface area (Å²) in [5.74, 6) is 0. The number of hydrogen-bond donors (Lipinski definition) is 2. The minimum atomic E-state index is -0.839. The van der Waals surface area contributed by atoms with Gasteiger partial charge in [-0.15, -0.1) is 0 Å². The van der Waals surface area contributed by atoms with E-state index in [1.54, 1.807) is 0 Å². The van der Waals surface area contributed by atoms with Crippen LogP contribution in [-0.4, -0.2) is 40.7 Å². The second kappa shape index (κ2) is 7.25. The molecule has 2 N–H and O–H groups in total. The lowest BCUT2D eigenvalue weighted by Crippen LogP contribution is -2.58. The average Bonchev–Trinajstić information content (AvgIpc) is 2.79. The zero-order valence-corrected chi connectivity index (χ0v) is 19.6. The quantitative estimate of drug-likeness (QED) is 0.732. The first-order chi connectivity index (χ1) is 13.6. The Morgan fingerprint density at radius 2 is 1.60 bits per heavy atom. The Labute approximate surface area is 180 Å². The number of benzene rings is 1. The molecule has 3 rings (SSSR count). The molecule has 0 bridgehead atoms. The Morgan fingerprint density at radius 1 is 1.10 bits per heavy atom. The molecular weight excluding hydrogens is 381 g/mol. The summed E-state index contributed by atoms with van der Waals surface area (Å²) in [5, 5.41) is 13.5. The number of carbonyl (C=O) groups is 1. The fraction of sp³-hybridized carbons (Fsp3) is 0.696. The molecule has 1 saturated heterocycles. The minimum absolute atomic E-state index is 0.379. The van der Waals surface area contributed by atoms with Crippen LogP contribution in [0.2, 0.25) is 0 Å². The summed E-state index contributed by atoms with van der Waals surface area (Å²) >= 11 is 0. The van der Waals surface area contributed by atoms with Crippen molar-refractivity contribution in [3.63, 3.8) is 0 Å². The van der Waals surface area contributed by atoms with Gasteiger partial charge in [-0.25, -0.2) is 4.79 Å². The molecule has 30 heavy (non-hydrogen) atoms. The van der Waals surface area contributed by atoms with Crippen LogP contribution < -0.4 is 10.8 Å². The summed E-state index contributed by atoms with van der Waals surface area (Å²) in [4.78, 5) is 12.5. The lowest BCUT2D eigenvalue weighted by atomic mass is 9.62. The smallest absolute Gasteiger partial charge is 0.438 e. The van der Waals surface area contributed by atoms with E-state index in [4.69, 9.17) is 14.0 Å². The lowest BCUT2D eigenvalue weighted by molar-refractivity contribution is -0.187. The van der Waals surface area contributed by atoms with E-state index < -0.39 is 41.2 Å². The van der Waals surface area contributed by atoms with Crippen molar-refractivity contribution in [1.29, 1.82) is 0 Å². The highest BCUT2D eigenvalue weighted by molar-refractivity contribution is 6.62. The van der Waals surface area contributed by atoms with Crippen LogP contribution in [0.5, 0.6) is 0 Å². The third-order valence-corrected chi connectivity index (χ3v) is 6.61. The first-order valence-corrected chi connectivity index (χ1v) is 10.8. The Bertz CT molecular complexity index is 775. The first kappa shape index (κ1) is 23.1. The van der Waals surface area contributed by atoms with Gasteiger partial charge in [-0.3, -0.25) is 0 Å². The van der Waals surface area contributed by atoms with Crippen LogP contribution in [0.1, 0.15) is 80.2 Å². The van der Waals surface area contributed by atoms with Crippen LogP contribution in [0.15, 0.2) is 24.3 Å². The topological polar surface area (TPSA) is 77.0 Å². The van der Waals surface area contributed by atoms with Crippen LogP contribution in [0, 0.1) is 0 Å². The number of alkyl carbamates (subject to hydrolysis) is 1. The van der Waals surface area contributed by atoms with Gasteiger partial charge in [0.1, 0.15) is 5.60 Å². The lowest BCUT2D eigenvalue weighted by Gasteiger charge is -2.52. The normalized spacial score (nSPS) is 30.0. The van der Waals surface area contributed by atoms with Gasteiger partial charge in [0.2, 0.25) is 0 Å². The molecule has 1 saturated carbocycles. The highest BCUT2D eigenvalue weighted by Gasteiger charge is 2.57. The molecule has 1 aromatic rings. The number of rotatable bonds is 4. The van der Waals surface area contributed by atoms with E-state index in [-0.39, 0.29) is 0 Å². The second-order valence-electron chi connectivity index (χ2n) is 10.9. The number of carbonyl (C=O) groups excluding carboxylic acids is 1. The maximum absolute atomic E-state index is 12.5. The summed E-state index contributed by atoms with van der Waals surface area (Å²) in [6.45, 7) is 15.8. The van der Waals surface area contributed by atoms with E-state index in [0.717, 1.165) is 11.0 Å². The van der Waals surface area contributed by atoms with Crippen LogP contribution >= 0.6 is 0 Å². The molecule has 1 heterocycles. The van der Waals surface area contributed by atoms with Crippen molar-refractivity contribution in [3.8, 4) is 0 Å². The van der Waals surface area contributed by atoms with Crippen molar-refractivity contribution in [3.05, 3.63) is 29.8 Å². The molecule has 0 atom stereocenters. The fourth-order valence-electron chi connectivity index (χ4n) is 4.03. The Hall–Kier alpha value is -1.57. The summed E-state index contributed by atoms with van der Waals surface area (Å²) < 4.78 is 18.1. The molecule has 0 spiro atoms. The van der Waals surface area contributed by atoms with E-state index in [1.165, 1.54) is 0 Å². The van der Waals surface area contributed by atoms with Crippen LogP contribution in [0.3, 0.4) is 0 Å². The molecule has 0 radical (unpaired) electrons. The van der Waals surface area contributed by atoms with Gasteiger partial charge in [-0.2, -0.15) is 0 Å². The van der Waals surface area contributed by atoms with Crippen molar-refractivity contribution in [2.75, 3.05) is 0 Å². The summed E-state index contributed by atoms with van der Waals surface area (Å²) in [6.07, 6.45) is 0.898. The van der Waals surface area contributed by atoms with Crippen molar-refractivity contribution in [1.82, 2.24) is 5.32 Å². The van der Waals surface area contributed by atoms with Crippen molar-refractivity contribution < 1.29 is 23.9 Å². The van der Waals surface area contributed by atoms with Gasteiger partial charge in [0.25, 0.3) is 0 Å². The van der Waals surface area contributed by atoms with Crippen LogP contribution in [-0.2, 0) is 19.6 Å². The molecule has 1 amide bonds. The number of hydrogen-bond acceptors (Lipinski definition) is 5. The van der Waals surface area contributed by atoms with E-state index >= 15 is 0 Å². The monoisotopic (exact) mass is 417 g/mol. The number of aliphatic hydroxyl groups is 1. The van der Waals surface area contributed by atoms with Crippen LogP contribution in [0.4, 0.5) is 4.79 Å². The Balaban J connectivity index is 1.81. The third-order valence-electron chi connectivity index (χ3n) is 6.61. The zero-order chi connectivity index (χ0) is 22.6. The minimum Gasteiger partial charge on any atom is -0.438 e. The molecule has 0 unspecified atom stereocenters. The highest BCUT2D eigenvalue weighted by atomic mass is 16.7. The van der Waals surface area contributed by atoms with Gasteiger partial charge < -0.3 is 24.5 Å². The third kappa shape index (κ3) is 4.39. The largest absolute Gasteiger partial charge is 0.494 e. The fourth-order valence-corrected chi connectivity index (χ4v) is 4.03. The Morgan fingerprint density at radius 3 is 2.03 bits per heavy atom. The molecule has 7 heteroatoms. The van der Waals surface area contributed by atoms with Gasteiger partial charge >= 0.3 is 13.2 Å². The number of ether oxygens (including phenoxy) is 1. The second-order valence-corrected chi connectivity index (χ2v) is 10.9. The maximum atomic E-state index is 12.5. The van der Waals surface area contributed by atoms with Crippen molar-refractivity contribution in [2.45, 2.75) is 103 Å². The van der Waals surface area contributed by atoms with Crippen molar-refractivity contribution in [2.24, 2.45) is 0 Å². The summed E-state index contributed by atoms with van der Waals surface area (Å²) in [7, 11) is -0.445. The van der Waals surface area contributed by atoms with Gasteiger partial charge in [-0.1, -0.05) is 31.2 Å². The molecule has 0 aromatic heterocycles. The van der Waals surface area contributed by atoms with Gasteiger partial charge in [0.15, 0.2) is 0 Å². The van der Waals surface area contributed by atoms with E-state index in [2.05, 4.69) is 5.32 Å². The standard InChI is InChI=1S/C23H36BNO5/c1-9-22(27)14-23(15-22,28-18(26)25-19(2,3)4)16-10-12-17(13-11-16)24-29-20(5,6)21(7,8)30-24/h10-13,27H,9,14-15H2,1-8H3,(H,25,26). The molecule has 166 valence electrons. The SMILES string of the molecule is CCC1(O)CC(OC(=O)NC(C)(C)C)(c2ccc(B3OC(C)(C)C(C)(C)O3)cc2)C1. The summed E-state index contributed by atoms with van der Waals surface area (Å²) in [5.41, 5.74) is -1.08. The van der Waals surface area contributed by atoms with Gasteiger partial charge in [0.05, 0.1) is 16.8 Å². The van der Waals surface area contributed by atoms with Gasteiger partial charge in [0, 0.05) is 18.4 Å². The van der Waals surface area contributed by atoms with Gasteiger partial charge in [-0.05, 0) is 65.9 Å². The summed E-state index contributed by atoms with van der Waals surface area (Å²) in [6, 6.07) is 7.79. The Kier molecular flexibility index (Phi) is 5.58. The number of amides is 1. The van der Waals surface area contributed by atoms with E-state index in [9.17, 15) is 9.90 Å². The molecule has 2 aliphatic rings. The average molecular weight is 417 g/mol. The maximum Gasteiger partial charge on any atom is 0.494 e. The highest BCUT2D eigenvalue weighted by Crippen LogP contribution is 2.52. The molecule has 1 aliphatic carbocycles. The first-order valence-electron chi connectivity index (χ1n) is 10.8. The molecule has 6 nitrogen and oxygen atoms in total. The molecular formula is C23H36BNO5. The predicted molar refractivity (Wildman–Crippen MR) is 118 cm³/mol. The van der Waals surface area contributed by atoms with E-state index in [1.807, 2.05) is 79.7 Å². The van der Waals surface area contributed by atoms with Crippen molar-refractivity contribution >= 4 is 18.7 Å². The molecule has 2 fully saturated rings. The predicted octanol–water partition coefficient (Wildman–Crippen LogP) is 3.64. The van der Waals surface area contributed by atoms with Crippen LogP contribution in [0.25, 0.3) is 0 Å². The molecule has 1 aliphatic heterocycles. The van der Waals surface area contributed by atoms with E-state index in [0.29, 0.717) is 19.3 Å².